The van der Waals surface area contributed by atoms with Crippen molar-refractivity contribution in [3.05, 3.63) is 66.0 Å². The van der Waals surface area contributed by atoms with Crippen molar-refractivity contribution in [2.75, 3.05) is 11.1 Å². The van der Waals surface area contributed by atoms with Gasteiger partial charge in [-0.1, -0.05) is 35.6 Å². The van der Waals surface area contributed by atoms with Gasteiger partial charge in [-0.2, -0.15) is 4.98 Å². The average Bonchev–Trinajstić information content (AvgIpc) is 3.09. The predicted octanol–water partition coefficient (Wildman–Crippen LogP) is 4.73. The molecule has 4 rings (SSSR count). The van der Waals surface area contributed by atoms with Crippen molar-refractivity contribution in [1.82, 2.24) is 20.2 Å². The number of benzene rings is 2. The van der Waals surface area contributed by atoms with Crippen LogP contribution in [-0.2, 0) is 0 Å². The van der Waals surface area contributed by atoms with Crippen LogP contribution in [0.2, 0.25) is 0 Å². The normalized spacial score (nSPS) is 10.6. The van der Waals surface area contributed by atoms with Crippen LogP contribution in [0.15, 0.2) is 54.6 Å². The molecule has 0 unspecified atom stereocenters. The molecule has 0 aliphatic rings. The third-order valence-corrected chi connectivity index (χ3v) is 4.72. The molecule has 0 aliphatic heterocycles. The van der Waals surface area contributed by atoms with Gasteiger partial charge in [-0.25, -0.2) is 4.98 Å². The van der Waals surface area contributed by atoms with Crippen molar-refractivity contribution in [2.24, 2.45) is 0 Å². The number of hydrogen-bond acceptors (Lipinski definition) is 8. The van der Waals surface area contributed by atoms with Gasteiger partial charge in [-0.05, 0) is 43.7 Å². The van der Waals surface area contributed by atoms with Crippen molar-refractivity contribution < 1.29 is 4.74 Å². The fourth-order valence-corrected chi connectivity index (χ4v) is 3.42. The Balaban J connectivity index is 1.54. The Labute approximate surface area is 166 Å². The zero-order valence-electron chi connectivity index (χ0n) is 15.4. The molecule has 140 valence electrons. The van der Waals surface area contributed by atoms with Crippen LogP contribution in [-0.4, -0.2) is 20.2 Å². The van der Waals surface area contributed by atoms with E-state index in [0.29, 0.717) is 23.3 Å². The highest BCUT2D eigenvalue weighted by Crippen LogP contribution is 2.31. The molecular formula is C20H18N6OS. The zero-order chi connectivity index (χ0) is 19.5. The molecule has 2 heterocycles. The molecule has 0 spiro atoms. The van der Waals surface area contributed by atoms with Gasteiger partial charge in [0.25, 0.3) is 0 Å². The Morgan fingerprint density at radius 1 is 0.964 bits per heavy atom. The van der Waals surface area contributed by atoms with E-state index in [0.717, 1.165) is 21.4 Å². The second-order valence-corrected chi connectivity index (χ2v) is 7.19. The minimum Gasteiger partial charge on any atom is -0.439 e. The molecular weight excluding hydrogens is 372 g/mol. The van der Waals surface area contributed by atoms with Gasteiger partial charge in [0.15, 0.2) is 0 Å². The summed E-state index contributed by atoms with van der Waals surface area (Å²) in [6.07, 6.45) is 0. The number of nitrogens with two attached hydrogens (primary N) is 1. The zero-order valence-corrected chi connectivity index (χ0v) is 16.2. The Morgan fingerprint density at radius 3 is 2.64 bits per heavy atom. The second-order valence-electron chi connectivity index (χ2n) is 6.22. The molecule has 0 atom stereocenters. The first-order chi connectivity index (χ1) is 13.5. The maximum Gasteiger partial charge on any atom is 0.224 e. The van der Waals surface area contributed by atoms with Crippen molar-refractivity contribution in [3.8, 4) is 22.2 Å². The molecule has 2 aromatic carbocycles. The van der Waals surface area contributed by atoms with Crippen molar-refractivity contribution >= 4 is 28.0 Å². The molecule has 4 aromatic rings. The highest BCUT2D eigenvalue weighted by atomic mass is 32.1. The number of aromatic nitrogens is 4. The van der Waals surface area contributed by atoms with Gasteiger partial charge in [0.05, 0.1) is 0 Å². The highest BCUT2D eigenvalue weighted by molar-refractivity contribution is 7.18. The van der Waals surface area contributed by atoms with E-state index >= 15 is 0 Å². The minimum atomic E-state index is 0.370. The Kier molecular flexibility index (Phi) is 4.86. The number of nitrogens with zero attached hydrogens (tertiary/aromatic N) is 4. The van der Waals surface area contributed by atoms with Crippen LogP contribution in [0, 0.1) is 13.8 Å². The third-order valence-electron chi connectivity index (χ3n) is 3.83. The molecule has 0 aliphatic carbocycles. The smallest absolute Gasteiger partial charge is 0.224 e. The quantitative estimate of drug-likeness (QED) is 0.508. The van der Waals surface area contributed by atoms with E-state index in [1.165, 1.54) is 16.9 Å². The molecule has 0 radical (unpaired) electrons. The molecule has 28 heavy (non-hydrogen) atoms. The van der Waals surface area contributed by atoms with E-state index in [4.69, 9.17) is 10.5 Å². The molecule has 0 saturated carbocycles. The van der Waals surface area contributed by atoms with E-state index in [-0.39, 0.29) is 0 Å². The summed E-state index contributed by atoms with van der Waals surface area (Å²) in [7, 11) is 0. The van der Waals surface area contributed by atoms with E-state index < -0.39 is 0 Å². The van der Waals surface area contributed by atoms with E-state index in [2.05, 4.69) is 44.5 Å². The van der Waals surface area contributed by atoms with Gasteiger partial charge in [-0.3, -0.25) is 0 Å². The number of anilines is 3. The Bertz CT molecular complexity index is 1110. The van der Waals surface area contributed by atoms with Gasteiger partial charge in [0, 0.05) is 17.3 Å². The van der Waals surface area contributed by atoms with E-state index in [1.807, 2.05) is 36.4 Å². The molecule has 7 nitrogen and oxygen atoms in total. The molecule has 8 heteroatoms. The molecule has 2 aromatic heterocycles. The first-order valence-electron chi connectivity index (χ1n) is 8.62. The van der Waals surface area contributed by atoms with Gasteiger partial charge < -0.3 is 15.8 Å². The lowest BCUT2D eigenvalue weighted by atomic mass is 10.2. The maximum atomic E-state index is 5.83. The van der Waals surface area contributed by atoms with Gasteiger partial charge >= 0.3 is 0 Å². The highest BCUT2D eigenvalue weighted by Gasteiger charge is 2.09. The van der Waals surface area contributed by atoms with Crippen LogP contribution < -0.4 is 15.8 Å². The van der Waals surface area contributed by atoms with Crippen LogP contribution in [0.25, 0.3) is 10.6 Å². The van der Waals surface area contributed by atoms with Crippen molar-refractivity contribution in [3.63, 3.8) is 0 Å². The molecule has 0 bridgehead atoms. The summed E-state index contributed by atoms with van der Waals surface area (Å²) >= 11 is 1.47. The van der Waals surface area contributed by atoms with E-state index in [1.54, 1.807) is 13.0 Å². The monoisotopic (exact) mass is 390 g/mol. The Morgan fingerprint density at radius 2 is 1.82 bits per heavy atom. The average molecular weight is 390 g/mol. The molecule has 0 fully saturated rings. The minimum absolute atomic E-state index is 0.370. The van der Waals surface area contributed by atoms with Gasteiger partial charge in [-0.15, -0.1) is 10.2 Å². The second kappa shape index (κ2) is 7.61. The first-order valence-corrected chi connectivity index (χ1v) is 9.43. The number of ether oxygens (including phenoxy) is 1. The Hall–Kier alpha value is -3.52. The van der Waals surface area contributed by atoms with Crippen LogP contribution in [0.1, 0.15) is 11.4 Å². The molecule has 3 N–H and O–H groups in total. The molecule has 0 amide bonds. The van der Waals surface area contributed by atoms with Crippen LogP contribution >= 0.6 is 11.3 Å². The third kappa shape index (κ3) is 4.24. The number of aryl methyl sites for hydroxylation is 2. The lowest BCUT2D eigenvalue weighted by molar-refractivity contribution is 0.460. The number of nitrogen functional groups attached to an aromatic ring is 1. The summed E-state index contributed by atoms with van der Waals surface area (Å²) in [5.41, 5.74) is 8.83. The largest absolute Gasteiger partial charge is 0.439 e. The number of hydrogen-bond donors (Lipinski definition) is 2. The standard InChI is InChI=1S/C20H18N6OS/c1-12-5-3-7-15(9-12)24-20-26-25-19(28-20)14-6-4-8-16(10-14)27-18-11-17(21)22-13(2)23-18/h3-11H,1-2H3,(H,24,26)(H2,21,22,23). The summed E-state index contributed by atoms with van der Waals surface area (Å²) in [6, 6.07) is 17.3. The van der Waals surface area contributed by atoms with Gasteiger partial charge in [0.2, 0.25) is 11.0 Å². The van der Waals surface area contributed by atoms with Crippen LogP contribution in [0.3, 0.4) is 0 Å². The number of nitrogens with one attached hydrogen (secondary N) is 1. The fourth-order valence-electron chi connectivity index (χ4n) is 2.66. The summed E-state index contributed by atoms with van der Waals surface area (Å²) in [6.45, 7) is 3.82. The van der Waals surface area contributed by atoms with Gasteiger partial charge in [0.1, 0.15) is 22.4 Å². The first kappa shape index (κ1) is 17.9. The lowest BCUT2D eigenvalue weighted by Gasteiger charge is -2.07. The predicted molar refractivity (Wildman–Crippen MR) is 111 cm³/mol. The maximum absolute atomic E-state index is 5.83. The number of rotatable bonds is 5. The summed E-state index contributed by atoms with van der Waals surface area (Å²) in [5, 5.41) is 13.3. The fraction of sp³-hybridized carbons (Fsp3) is 0.100. The summed E-state index contributed by atoms with van der Waals surface area (Å²) < 4.78 is 5.83. The van der Waals surface area contributed by atoms with Crippen LogP contribution in [0.5, 0.6) is 11.6 Å². The SMILES string of the molecule is Cc1cccc(Nc2nnc(-c3cccc(Oc4cc(N)nc(C)n4)c3)s2)c1. The lowest BCUT2D eigenvalue weighted by Crippen LogP contribution is -1.97. The molecule has 0 saturated heterocycles. The van der Waals surface area contributed by atoms with Crippen molar-refractivity contribution in [2.45, 2.75) is 13.8 Å². The van der Waals surface area contributed by atoms with Crippen LogP contribution in [0.4, 0.5) is 16.6 Å². The van der Waals surface area contributed by atoms with Crippen molar-refractivity contribution in [1.29, 1.82) is 0 Å². The topological polar surface area (TPSA) is 98.8 Å². The van der Waals surface area contributed by atoms with E-state index in [9.17, 15) is 0 Å². The summed E-state index contributed by atoms with van der Waals surface area (Å²) in [5.74, 6) is 1.97. The summed E-state index contributed by atoms with van der Waals surface area (Å²) in [4.78, 5) is 8.29.